The third-order valence-corrected chi connectivity index (χ3v) is 4.04. The molecule has 0 radical (unpaired) electrons. The number of nitrogens with one attached hydrogen (secondary N) is 1. The number of hydrogen-bond donors (Lipinski definition) is 1. The van der Waals surface area contributed by atoms with E-state index in [4.69, 9.17) is 21.1 Å². The van der Waals surface area contributed by atoms with Gasteiger partial charge in [-0.3, -0.25) is 4.79 Å². The average molecular weight is 352 g/mol. The molecule has 1 N–H and O–H groups in total. The number of hydrogen-bond acceptors (Lipinski definition) is 3. The molecule has 0 aromatic heterocycles. The van der Waals surface area contributed by atoms with Crippen molar-refractivity contribution in [2.75, 3.05) is 14.2 Å². The fraction of sp³-hybridized carbons (Fsp3) is 0.278. The van der Waals surface area contributed by atoms with Gasteiger partial charge in [0.1, 0.15) is 5.82 Å². The smallest absolute Gasteiger partial charge is 0.225 e. The number of halogens is 2. The summed E-state index contributed by atoms with van der Waals surface area (Å²) in [7, 11) is 3.10. The van der Waals surface area contributed by atoms with E-state index in [1.165, 1.54) is 12.1 Å². The molecule has 1 amide bonds. The molecule has 2 rings (SSSR count). The largest absolute Gasteiger partial charge is 0.493 e. The first kappa shape index (κ1) is 18.1. The lowest BCUT2D eigenvalue weighted by molar-refractivity contribution is -0.121. The molecule has 4 nitrogen and oxygen atoms in total. The number of benzene rings is 2. The zero-order valence-corrected chi connectivity index (χ0v) is 14.5. The van der Waals surface area contributed by atoms with Crippen LogP contribution in [0.4, 0.5) is 4.39 Å². The van der Waals surface area contributed by atoms with Crippen molar-refractivity contribution in [2.24, 2.45) is 0 Å². The minimum atomic E-state index is -0.489. The van der Waals surface area contributed by atoms with Gasteiger partial charge in [0.15, 0.2) is 11.5 Å². The normalized spacial score (nSPS) is 11.7. The number of carbonyl (C=O) groups excluding carboxylic acids is 1. The van der Waals surface area contributed by atoms with Crippen molar-refractivity contribution in [1.29, 1.82) is 0 Å². The Morgan fingerprint density at radius 3 is 2.54 bits per heavy atom. The number of ether oxygens (including phenoxy) is 2. The minimum Gasteiger partial charge on any atom is -0.493 e. The summed E-state index contributed by atoms with van der Waals surface area (Å²) < 4.78 is 24.2. The van der Waals surface area contributed by atoms with Gasteiger partial charge in [-0.05, 0) is 36.8 Å². The summed E-state index contributed by atoms with van der Waals surface area (Å²) in [6, 6.07) is 9.47. The number of methoxy groups -OCH3 is 2. The van der Waals surface area contributed by atoms with Crippen molar-refractivity contribution in [3.8, 4) is 11.5 Å². The quantitative estimate of drug-likeness (QED) is 0.858. The Kier molecular flexibility index (Phi) is 6.04. The van der Waals surface area contributed by atoms with Crippen molar-refractivity contribution >= 4 is 17.5 Å². The van der Waals surface area contributed by atoms with Crippen LogP contribution in [0.1, 0.15) is 24.1 Å². The molecule has 1 atom stereocenters. The van der Waals surface area contributed by atoms with Crippen LogP contribution in [0.15, 0.2) is 36.4 Å². The fourth-order valence-electron chi connectivity index (χ4n) is 2.36. The van der Waals surface area contributed by atoms with Gasteiger partial charge in [-0.2, -0.15) is 0 Å². The topological polar surface area (TPSA) is 47.6 Å². The molecule has 2 aromatic carbocycles. The van der Waals surface area contributed by atoms with Crippen LogP contribution in [0.3, 0.4) is 0 Å². The summed E-state index contributed by atoms with van der Waals surface area (Å²) in [6.45, 7) is 1.84. The second-order valence-electron chi connectivity index (χ2n) is 5.28. The molecule has 0 saturated carbocycles. The number of amides is 1. The fourth-order valence-corrected chi connectivity index (χ4v) is 2.59. The van der Waals surface area contributed by atoms with Gasteiger partial charge in [0.05, 0.1) is 26.7 Å². The van der Waals surface area contributed by atoms with Crippen molar-refractivity contribution < 1.29 is 18.7 Å². The zero-order chi connectivity index (χ0) is 17.7. The monoisotopic (exact) mass is 351 g/mol. The van der Waals surface area contributed by atoms with E-state index in [0.29, 0.717) is 11.5 Å². The predicted molar refractivity (Wildman–Crippen MR) is 91.2 cm³/mol. The lowest BCUT2D eigenvalue weighted by Crippen LogP contribution is -2.28. The number of carbonyl (C=O) groups is 1. The van der Waals surface area contributed by atoms with Gasteiger partial charge in [0.25, 0.3) is 0 Å². The highest BCUT2D eigenvalue weighted by Gasteiger charge is 2.16. The summed E-state index contributed by atoms with van der Waals surface area (Å²) in [5, 5.41) is 3.07. The Labute approximate surface area is 145 Å². The minimum absolute atomic E-state index is 0.122. The molecule has 2 aromatic rings. The predicted octanol–water partition coefficient (Wildman–Crippen LogP) is 3.92. The van der Waals surface area contributed by atoms with Crippen LogP contribution in [0.5, 0.6) is 11.5 Å². The van der Waals surface area contributed by atoms with Gasteiger partial charge in [0, 0.05) is 10.6 Å². The van der Waals surface area contributed by atoms with E-state index in [1.807, 2.05) is 13.0 Å². The van der Waals surface area contributed by atoms with Gasteiger partial charge in [-0.1, -0.05) is 23.7 Å². The van der Waals surface area contributed by atoms with Crippen LogP contribution < -0.4 is 14.8 Å². The van der Waals surface area contributed by atoms with E-state index in [2.05, 4.69) is 5.32 Å². The third-order valence-electron chi connectivity index (χ3n) is 3.68. The van der Waals surface area contributed by atoms with Gasteiger partial charge in [-0.25, -0.2) is 4.39 Å². The summed E-state index contributed by atoms with van der Waals surface area (Å²) in [4.78, 5) is 12.2. The molecule has 0 aliphatic rings. The Morgan fingerprint density at radius 2 is 1.92 bits per heavy atom. The van der Waals surface area contributed by atoms with Crippen LogP contribution in [0, 0.1) is 5.82 Å². The second-order valence-corrected chi connectivity index (χ2v) is 5.69. The SMILES string of the molecule is COc1ccc(C(C)NC(=O)Cc2c(F)cccc2Cl)cc1OC. The van der Waals surface area contributed by atoms with Crippen molar-refractivity contribution in [3.05, 3.63) is 58.4 Å². The lowest BCUT2D eigenvalue weighted by Gasteiger charge is -2.17. The molecule has 0 bridgehead atoms. The molecule has 24 heavy (non-hydrogen) atoms. The van der Waals surface area contributed by atoms with E-state index in [1.54, 1.807) is 32.4 Å². The summed E-state index contributed by atoms with van der Waals surface area (Å²) in [5.41, 5.74) is 1.04. The summed E-state index contributed by atoms with van der Waals surface area (Å²) in [6.07, 6.45) is -0.122. The Hall–Kier alpha value is -2.27. The van der Waals surface area contributed by atoms with Gasteiger partial charge >= 0.3 is 0 Å². The maximum atomic E-state index is 13.8. The molecule has 1 unspecified atom stereocenters. The molecule has 0 aliphatic heterocycles. The summed E-state index contributed by atoms with van der Waals surface area (Å²) in [5.74, 6) is 0.381. The van der Waals surface area contributed by atoms with E-state index in [9.17, 15) is 9.18 Å². The maximum Gasteiger partial charge on any atom is 0.225 e. The van der Waals surface area contributed by atoms with E-state index in [0.717, 1.165) is 5.56 Å². The molecule has 0 aliphatic carbocycles. The van der Waals surface area contributed by atoms with Crippen LogP contribution >= 0.6 is 11.6 Å². The average Bonchev–Trinajstić information content (AvgIpc) is 2.57. The highest BCUT2D eigenvalue weighted by Crippen LogP contribution is 2.30. The third kappa shape index (κ3) is 4.17. The molecule has 0 fully saturated rings. The van der Waals surface area contributed by atoms with Crippen molar-refractivity contribution in [1.82, 2.24) is 5.32 Å². The van der Waals surface area contributed by atoms with Crippen LogP contribution in [0.2, 0.25) is 5.02 Å². The van der Waals surface area contributed by atoms with Crippen LogP contribution in [-0.2, 0) is 11.2 Å². The molecule has 6 heteroatoms. The second kappa shape index (κ2) is 8.02. The van der Waals surface area contributed by atoms with Crippen LogP contribution in [-0.4, -0.2) is 20.1 Å². The first-order valence-corrected chi connectivity index (χ1v) is 7.78. The van der Waals surface area contributed by atoms with E-state index < -0.39 is 5.82 Å². The lowest BCUT2D eigenvalue weighted by atomic mass is 10.1. The summed E-state index contributed by atoms with van der Waals surface area (Å²) >= 11 is 5.95. The maximum absolute atomic E-state index is 13.8. The standard InChI is InChI=1S/C18H19ClFNO3/c1-11(12-7-8-16(23-2)17(9-12)24-3)21-18(22)10-13-14(19)5-4-6-15(13)20/h4-9,11H,10H2,1-3H3,(H,21,22). The molecule has 0 heterocycles. The highest BCUT2D eigenvalue weighted by atomic mass is 35.5. The van der Waals surface area contributed by atoms with E-state index >= 15 is 0 Å². The molecular formula is C18H19ClFNO3. The number of rotatable bonds is 6. The Morgan fingerprint density at radius 1 is 1.21 bits per heavy atom. The zero-order valence-electron chi connectivity index (χ0n) is 13.7. The first-order chi connectivity index (χ1) is 11.5. The first-order valence-electron chi connectivity index (χ1n) is 7.40. The van der Waals surface area contributed by atoms with Gasteiger partial charge in [-0.15, -0.1) is 0 Å². The molecule has 0 saturated heterocycles. The molecule has 0 spiro atoms. The van der Waals surface area contributed by atoms with Crippen molar-refractivity contribution in [3.63, 3.8) is 0 Å². The highest BCUT2D eigenvalue weighted by molar-refractivity contribution is 6.31. The molecule has 128 valence electrons. The van der Waals surface area contributed by atoms with Gasteiger partial charge < -0.3 is 14.8 Å². The van der Waals surface area contributed by atoms with Crippen LogP contribution in [0.25, 0.3) is 0 Å². The Bertz CT molecular complexity index is 716. The van der Waals surface area contributed by atoms with Gasteiger partial charge in [0.2, 0.25) is 5.91 Å². The van der Waals surface area contributed by atoms with E-state index in [-0.39, 0.29) is 29.0 Å². The van der Waals surface area contributed by atoms with Crippen molar-refractivity contribution in [2.45, 2.75) is 19.4 Å². The molecular weight excluding hydrogens is 333 g/mol. The Balaban J connectivity index is 2.09.